The van der Waals surface area contributed by atoms with Gasteiger partial charge in [-0.15, -0.1) is 0 Å². The van der Waals surface area contributed by atoms with Crippen LogP contribution in [-0.4, -0.2) is 30.6 Å². The smallest absolute Gasteiger partial charge is 0.200 e. The molecule has 0 aliphatic rings. The fraction of sp³-hybridized carbons (Fsp3) is 0.889. The Hall–Kier alpha value is -0.360. The number of aliphatic hydroxyl groups excluding tert-OH is 1. The van der Waals surface area contributed by atoms with E-state index in [9.17, 15) is 4.57 Å². The Morgan fingerprint density at radius 1 is 1.57 bits per heavy atom. The highest BCUT2D eigenvalue weighted by atomic mass is 31.2. The van der Waals surface area contributed by atoms with E-state index in [1.54, 1.807) is 12.7 Å². The predicted octanol–water partition coefficient (Wildman–Crippen LogP) is 1.84. The zero-order valence-corrected chi connectivity index (χ0v) is 9.83. The molecule has 0 aromatic heterocycles. The van der Waals surface area contributed by atoms with Gasteiger partial charge in [-0.1, -0.05) is 13.8 Å². The molecule has 0 saturated heterocycles. The third kappa shape index (κ3) is 7.08. The van der Waals surface area contributed by atoms with Gasteiger partial charge in [-0.2, -0.15) is 5.26 Å². The van der Waals surface area contributed by atoms with Crippen LogP contribution in [0.15, 0.2) is 0 Å². The van der Waals surface area contributed by atoms with Crippen molar-refractivity contribution in [2.75, 3.05) is 19.4 Å². The molecule has 0 rings (SSSR count). The van der Waals surface area contributed by atoms with Crippen LogP contribution in [0.4, 0.5) is 0 Å². The van der Waals surface area contributed by atoms with Crippen molar-refractivity contribution in [3.05, 3.63) is 0 Å². The summed E-state index contributed by atoms with van der Waals surface area (Å²) in [6.07, 6.45) is -0.567. The van der Waals surface area contributed by atoms with Crippen molar-refractivity contribution in [2.24, 2.45) is 5.92 Å². The van der Waals surface area contributed by atoms with Gasteiger partial charge in [0, 0.05) is 12.8 Å². The van der Waals surface area contributed by atoms with Crippen molar-refractivity contribution in [1.82, 2.24) is 0 Å². The predicted molar refractivity (Wildman–Crippen MR) is 55.4 cm³/mol. The summed E-state index contributed by atoms with van der Waals surface area (Å²) in [5, 5.41) is 17.3. The molecule has 0 aromatic carbocycles. The Labute approximate surface area is 85.3 Å². The largest absolute Gasteiger partial charge is 0.378 e. The summed E-state index contributed by atoms with van der Waals surface area (Å²) in [5.74, 6) is 0.337. The first-order valence-electron chi connectivity index (χ1n) is 4.66. The fourth-order valence-corrected chi connectivity index (χ4v) is 2.25. The van der Waals surface area contributed by atoms with E-state index in [-0.39, 0.29) is 12.6 Å². The van der Waals surface area contributed by atoms with Crippen molar-refractivity contribution >= 4 is 7.37 Å². The summed E-state index contributed by atoms with van der Waals surface area (Å²) in [6, 6.07) is 1.68. The molecule has 0 aromatic rings. The first kappa shape index (κ1) is 13.6. The van der Waals surface area contributed by atoms with Crippen LogP contribution >= 0.6 is 7.37 Å². The van der Waals surface area contributed by atoms with E-state index in [0.29, 0.717) is 12.5 Å². The Balaban J connectivity index is 3.85. The van der Waals surface area contributed by atoms with E-state index in [2.05, 4.69) is 0 Å². The minimum atomic E-state index is -2.62. The van der Waals surface area contributed by atoms with E-state index >= 15 is 0 Å². The Bertz CT molecular complexity index is 247. The third-order valence-electron chi connectivity index (χ3n) is 1.64. The van der Waals surface area contributed by atoms with Crippen molar-refractivity contribution < 1.29 is 14.2 Å². The Morgan fingerprint density at radius 2 is 2.14 bits per heavy atom. The average Bonchev–Trinajstić information content (AvgIpc) is 2.11. The number of aliphatic hydroxyl groups is 1. The summed E-state index contributed by atoms with van der Waals surface area (Å²) < 4.78 is 16.9. The van der Waals surface area contributed by atoms with Crippen LogP contribution in [0.2, 0.25) is 0 Å². The monoisotopic (exact) mass is 219 g/mol. The molecule has 82 valence electrons. The number of nitriles is 1. The molecule has 0 fully saturated rings. The fourth-order valence-electron chi connectivity index (χ4n) is 0.793. The third-order valence-corrected chi connectivity index (χ3v) is 3.40. The van der Waals surface area contributed by atoms with E-state index in [1.807, 2.05) is 13.8 Å². The lowest BCUT2D eigenvalue weighted by Crippen LogP contribution is -2.08. The summed E-state index contributed by atoms with van der Waals surface area (Å²) >= 11 is 0. The van der Waals surface area contributed by atoms with Gasteiger partial charge in [0.05, 0.1) is 12.7 Å². The molecule has 0 aliphatic heterocycles. The zero-order chi connectivity index (χ0) is 11.2. The molecule has 2 atom stereocenters. The highest BCUT2D eigenvalue weighted by molar-refractivity contribution is 7.58. The van der Waals surface area contributed by atoms with E-state index in [1.165, 1.54) is 0 Å². The van der Waals surface area contributed by atoms with Crippen LogP contribution in [0.1, 0.15) is 20.3 Å². The van der Waals surface area contributed by atoms with Crippen LogP contribution < -0.4 is 0 Å². The second-order valence-corrected chi connectivity index (χ2v) is 6.59. The normalized spacial score (nSPS) is 17.4. The lowest BCUT2D eigenvalue weighted by molar-refractivity contribution is 0.222. The van der Waals surface area contributed by atoms with Crippen LogP contribution in [0.25, 0.3) is 0 Å². The standard InChI is InChI=1S/C9H18NO3P/c1-8(2)7-13-14(3,12)5-4-9(11)6-10/h8-9,11H,4-5,7H2,1-3H3. The van der Waals surface area contributed by atoms with Crippen LogP contribution in [0, 0.1) is 17.2 Å². The molecule has 1 N–H and O–H groups in total. The molecule has 0 spiro atoms. The molecule has 0 heterocycles. The number of hydrogen-bond donors (Lipinski definition) is 1. The van der Waals surface area contributed by atoms with Gasteiger partial charge in [0.1, 0.15) is 6.10 Å². The highest BCUT2D eigenvalue weighted by Crippen LogP contribution is 2.43. The van der Waals surface area contributed by atoms with Gasteiger partial charge in [-0.3, -0.25) is 4.57 Å². The van der Waals surface area contributed by atoms with Crippen LogP contribution in [0.5, 0.6) is 0 Å². The maximum Gasteiger partial charge on any atom is 0.200 e. The molecule has 14 heavy (non-hydrogen) atoms. The van der Waals surface area contributed by atoms with Gasteiger partial charge in [0.25, 0.3) is 0 Å². The molecule has 0 aliphatic carbocycles. The Kier molecular flexibility index (Phi) is 6.03. The minimum absolute atomic E-state index is 0.211. The lowest BCUT2D eigenvalue weighted by atomic mass is 10.2. The molecule has 0 saturated carbocycles. The van der Waals surface area contributed by atoms with E-state index < -0.39 is 13.5 Å². The van der Waals surface area contributed by atoms with Crippen LogP contribution in [-0.2, 0) is 9.09 Å². The van der Waals surface area contributed by atoms with Crippen molar-refractivity contribution in [2.45, 2.75) is 26.4 Å². The molecule has 5 heteroatoms. The lowest BCUT2D eigenvalue weighted by Gasteiger charge is -2.15. The first-order chi connectivity index (χ1) is 6.37. The summed E-state index contributed by atoms with van der Waals surface area (Å²) in [7, 11) is -2.62. The molecule has 0 bridgehead atoms. The molecule has 2 unspecified atom stereocenters. The quantitative estimate of drug-likeness (QED) is 0.546. The van der Waals surface area contributed by atoms with Gasteiger partial charge in [-0.25, -0.2) is 0 Å². The average molecular weight is 219 g/mol. The number of rotatable bonds is 6. The van der Waals surface area contributed by atoms with Crippen molar-refractivity contribution in [3.8, 4) is 6.07 Å². The molecule has 0 radical (unpaired) electrons. The first-order valence-corrected chi connectivity index (χ1v) is 6.92. The molecular formula is C9H18NO3P. The summed E-state index contributed by atoms with van der Waals surface area (Å²) in [6.45, 7) is 5.95. The number of nitrogens with zero attached hydrogens (tertiary/aromatic N) is 1. The van der Waals surface area contributed by atoms with Gasteiger partial charge in [-0.05, 0) is 12.3 Å². The summed E-state index contributed by atoms with van der Waals surface area (Å²) in [4.78, 5) is 0. The zero-order valence-electron chi connectivity index (χ0n) is 8.93. The van der Waals surface area contributed by atoms with Crippen molar-refractivity contribution in [3.63, 3.8) is 0 Å². The maximum absolute atomic E-state index is 11.7. The van der Waals surface area contributed by atoms with E-state index in [4.69, 9.17) is 14.9 Å². The van der Waals surface area contributed by atoms with Crippen LogP contribution in [0.3, 0.4) is 0 Å². The molecule has 0 amide bonds. The second-order valence-electron chi connectivity index (χ2n) is 3.86. The second kappa shape index (κ2) is 6.19. The van der Waals surface area contributed by atoms with Crippen molar-refractivity contribution in [1.29, 1.82) is 5.26 Å². The van der Waals surface area contributed by atoms with Gasteiger partial charge >= 0.3 is 0 Å². The van der Waals surface area contributed by atoms with Gasteiger partial charge in [0.2, 0.25) is 0 Å². The SMILES string of the molecule is CC(C)COP(C)(=O)CCC(O)C#N. The molecule has 4 nitrogen and oxygen atoms in total. The summed E-state index contributed by atoms with van der Waals surface area (Å²) in [5.41, 5.74) is 0. The van der Waals surface area contributed by atoms with E-state index in [0.717, 1.165) is 0 Å². The minimum Gasteiger partial charge on any atom is -0.378 e. The Morgan fingerprint density at radius 3 is 2.57 bits per heavy atom. The van der Waals surface area contributed by atoms with Gasteiger partial charge < -0.3 is 9.63 Å². The topological polar surface area (TPSA) is 70.3 Å². The molecular weight excluding hydrogens is 201 g/mol. The highest BCUT2D eigenvalue weighted by Gasteiger charge is 2.18. The number of hydrogen-bond acceptors (Lipinski definition) is 4. The van der Waals surface area contributed by atoms with Gasteiger partial charge in [0.15, 0.2) is 7.37 Å². The maximum atomic E-state index is 11.7.